The van der Waals surface area contributed by atoms with Gasteiger partial charge in [-0.25, -0.2) is 4.79 Å². The molecule has 0 spiro atoms. The number of nitrogens with zero attached hydrogens (tertiary/aromatic N) is 2. The van der Waals surface area contributed by atoms with Crippen LogP contribution in [0.4, 0.5) is 4.79 Å². The molecule has 7 heteroatoms. The second-order valence-electron chi connectivity index (χ2n) is 8.64. The van der Waals surface area contributed by atoms with Crippen molar-refractivity contribution in [1.82, 2.24) is 14.8 Å². The van der Waals surface area contributed by atoms with Gasteiger partial charge in [0, 0.05) is 30.6 Å². The van der Waals surface area contributed by atoms with Gasteiger partial charge < -0.3 is 14.6 Å². The molecular formula is C24H29N3O4. The monoisotopic (exact) mass is 423 g/mol. The van der Waals surface area contributed by atoms with Gasteiger partial charge in [-0.3, -0.25) is 14.5 Å². The topological polar surface area (TPSA) is 80.6 Å². The third-order valence-corrected chi connectivity index (χ3v) is 6.65. The number of nitrogens with one attached hydrogen (secondary N) is 1. The van der Waals surface area contributed by atoms with Crippen LogP contribution in [0.1, 0.15) is 51.8 Å². The zero-order valence-corrected chi connectivity index (χ0v) is 18.6. The number of ether oxygens (including phenoxy) is 1. The number of hydrogen-bond donors (Lipinski definition) is 1. The standard InChI is InChI=1S/C24H29N3O4/c1-15-12-20(16(2)26(15)10-11-31-4)21(28)14-27-22(29)24(3,25-23(27)30)19-9-8-17-6-5-7-18(17)13-19/h8-9,12-13H,5-7,10-11,14H2,1-4H3,(H,25,30)/t24-/m0/s1. The largest absolute Gasteiger partial charge is 0.383 e. The highest BCUT2D eigenvalue weighted by Crippen LogP contribution is 2.32. The molecule has 2 heterocycles. The summed E-state index contributed by atoms with van der Waals surface area (Å²) in [4.78, 5) is 40.0. The maximum atomic E-state index is 13.3. The van der Waals surface area contributed by atoms with E-state index in [1.807, 2.05) is 42.7 Å². The molecular weight excluding hydrogens is 394 g/mol. The average molecular weight is 424 g/mol. The number of imide groups is 1. The van der Waals surface area contributed by atoms with E-state index in [2.05, 4.69) is 5.32 Å². The van der Waals surface area contributed by atoms with Crippen molar-refractivity contribution in [2.24, 2.45) is 0 Å². The molecule has 1 saturated heterocycles. The Hall–Kier alpha value is -2.93. The Bertz CT molecular complexity index is 1070. The third kappa shape index (κ3) is 3.57. The lowest BCUT2D eigenvalue weighted by Crippen LogP contribution is -2.41. The normalized spacial score (nSPS) is 20.3. The molecule has 3 amide bonds. The zero-order chi connectivity index (χ0) is 22.3. The fourth-order valence-electron chi connectivity index (χ4n) is 4.76. The molecule has 0 radical (unpaired) electrons. The summed E-state index contributed by atoms with van der Waals surface area (Å²) in [6.07, 6.45) is 3.15. The number of benzene rings is 1. The molecule has 0 bridgehead atoms. The Kier molecular flexibility index (Phi) is 5.47. The fraction of sp³-hybridized carbons (Fsp3) is 0.458. The number of carbonyl (C=O) groups excluding carboxylic acids is 3. The number of carbonyl (C=O) groups is 3. The van der Waals surface area contributed by atoms with Crippen molar-refractivity contribution in [2.75, 3.05) is 20.3 Å². The van der Waals surface area contributed by atoms with Gasteiger partial charge in [0.25, 0.3) is 5.91 Å². The first-order valence-corrected chi connectivity index (χ1v) is 10.7. The van der Waals surface area contributed by atoms with E-state index in [4.69, 9.17) is 4.74 Å². The summed E-state index contributed by atoms with van der Waals surface area (Å²) in [5, 5.41) is 2.82. The molecule has 2 aromatic rings. The van der Waals surface area contributed by atoms with E-state index in [0.717, 1.165) is 41.1 Å². The number of urea groups is 1. The number of fused-ring (bicyclic) bond motifs is 1. The Morgan fingerprint density at radius 2 is 1.90 bits per heavy atom. The minimum Gasteiger partial charge on any atom is -0.383 e. The van der Waals surface area contributed by atoms with E-state index >= 15 is 0 Å². The van der Waals surface area contributed by atoms with Crippen molar-refractivity contribution in [2.45, 2.75) is 52.1 Å². The van der Waals surface area contributed by atoms with Crippen molar-refractivity contribution in [3.05, 3.63) is 57.9 Å². The molecule has 31 heavy (non-hydrogen) atoms. The van der Waals surface area contributed by atoms with E-state index in [-0.39, 0.29) is 12.3 Å². The van der Waals surface area contributed by atoms with Gasteiger partial charge >= 0.3 is 6.03 Å². The van der Waals surface area contributed by atoms with Crippen molar-refractivity contribution >= 4 is 17.7 Å². The number of ketones is 1. The first-order chi connectivity index (χ1) is 14.8. The van der Waals surface area contributed by atoms with Crippen LogP contribution in [-0.2, 0) is 34.5 Å². The van der Waals surface area contributed by atoms with E-state index in [1.54, 1.807) is 14.0 Å². The second kappa shape index (κ2) is 7.96. The quantitative estimate of drug-likeness (QED) is 0.549. The van der Waals surface area contributed by atoms with Crippen molar-refractivity contribution in [3.63, 3.8) is 0 Å². The Morgan fingerprint density at radius 1 is 1.16 bits per heavy atom. The van der Waals surface area contributed by atoms with Gasteiger partial charge in [-0.15, -0.1) is 0 Å². The highest BCUT2D eigenvalue weighted by molar-refractivity contribution is 6.11. The Morgan fingerprint density at radius 3 is 2.65 bits per heavy atom. The molecule has 0 saturated carbocycles. The lowest BCUT2D eigenvalue weighted by molar-refractivity contribution is -0.130. The Labute approximate surface area is 182 Å². The lowest BCUT2D eigenvalue weighted by Gasteiger charge is -2.23. The summed E-state index contributed by atoms with van der Waals surface area (Å²) in [7, 11) is 1.63. The molecule has 7 nitrogen and oxygen atoms in total. The number of Topliss-reactive ketones (excluding diaryl/α,β-unsaturated/α-hetero) is 1. The zero-order valence-electron chi connectivity index (χ0n) is 18.6. The second-order valence-corrected chi connectivity index (χ2v) is 8.64. The number of hydrogen-bond acceptors (Lipinski definition) is 4. The van der Waals surface area contributed by atoms with E-state index in [9.17, 15) is 14.4 Å². The van der Waals surface area contributed by atoms with Crippen LogP contribution in [0, 0.1) is 13.8 Å². The van der Waals surface area contributed by atoms with Crippen molar-refractivity contribution in [1.29, 1.82) is 0 Å². The number of aryl methyl sites for hydroxylation is 3. The average Bonchev–Trinajstić information content (AvgIpc) is 3.38. The number of methoxy groups -OCH3 is 1. The van der Waals surface area contributed by atoms with Crippen LogP contribution in [0.2, 0.25) is 0 Å². The number of aromatic nitrogens is 1. The smallest absolute Gasteiger partial charge is 0.325 e. The minimum absolute atomic E-state index is 0.251. The van der Waals surface area contributed by atoms with Gasteiger partial charge in [0.15, 0.2) is 5.78 Å². The summed E-state index contributed by atoms with van der Waals surface area (Å²) in [6.45, 7) is 6.41. The van der Waals surface area contributed by atoms with E-state index < -0.39 is 17.5 Å². The summed E-state index contributed by atoms with van der Waals surface area (Å²) < 4.78 is 7.15. The molecule has 1 atom stereocenters. The van der Waals surface area contributed by atoms with Crippen LogP contribution < -0.4 is 5.32 Å². The van der Waals surface area contributed by atoms with Gasteiger partial charge in [0.1, 0.15) is 5.54 Å². The van der Waals surface area contributed by atoms with Crippen LogP contribution >= 0.6 is 0 Å². The molecule has 2 aliphatic rings. The maximum absolute atomic E-state index is 13.3. The van der Waals surface area contributed by atoms with Crippen LogP contribution in [0.5, 0.6) is 0 Å². The van der Waals surface area contributed by atoms with Crippen LogP contribution in [-0.4, -0.2) is 47.4 Å². The third-order valence-electron chi connectivity index (χ3n) is 6.65. The van der Waals surface area contributed by atoms with Crippen molar-refractivity contribution < 1.29 is 19.1 Å². The van der Waals surface area contributed by atoms with Gasteiger partial charge in [0.2, 0.25) is 0 Å². The van der Waals surface area contributed by atoms with Crippen LogP contribution in [0.15, 0.2) is 24.3 Å². The van der Waals surface area contributed by atoms with Gasteiger partial charge in [0.05, 0.1) is 13.2 Å². The summed E-state index contributed by atoms with van der Waals surface area (Å²) in [6, 6.07) is 7.26. The van der Waals surface area contributed by atoms with Gasteiger partial charge in [-0.1, -0.05) is 18.2 Å². The highest BCUT2D eigenvalue weighted by Gasteiger charge is 2.49. The van der Waals surface area contributed by atoms with Crippen LogP contribution in [0.25, 0.3) is 0 Å². The molecule has 0 unspecified atom stereocenters. The van der Waals surface area contributed by atoms with Gasteiger partial charge in [-0.05, 0) is 62.8 Å². The molecule has 1 fully saturated rings. The lowest BCUT2D eigenvalue weighted by atomic mass is 9.89. The van der Waals surface area contributed by atoms with Crippen molar-refractivity contribution in [3.8, 4) is 0 Å². The van der Waals surface area contributed by atoms with E-state index in [1.165, 1.54) is 11.1 Å². The molecule has 1 N–H and O–H groups in total. The summed E-state index contributed by atoms with van der Waals surface area (Å²) in [5.74, 6) is -0.643. The molecule has 1 aliphatic heterocycles. The minimum atomic E-state index is -1.16. The first kappa shape index (κ1) is 21.3. The number of rotatable bonds is 7. The Balaban J connectivity index is 1.55. The first-order valence-electron chi connectivity index (χ1n) is 10.7. The summed E-state index contributed by atoms with van der Waals surface area (Å²) in [5.41, 5.74) is 4.43. The number of amides is 3. The molecule has 1 aromatic heterocycles. The molecule has 164 valence electrons. The molecule has 1 aliphatic carbocycles. The van der Waals surface area contributed by atoms with Crippen LogP contribution in [0.3, 0.4) is 0 Å². The van der Waals surface area contributed by atoms with E-state index in [0.29, 0.717) is 18.7 Å². The molecule has 4 rings (SSSR count). The highest BCUT2D eigenvalue weighted by atomic mass is 16.5. The predicted octanol–water partition coefficient (Wildman–Crippen LogP) is 2.89. The molecule has 1 aromatic carbocycles. The maximum Gasteiger partial charge on any atom is 0.325 e. The van der Waals surface area contributed by atoms with Gasteiger partial charge in [-0.2, -0.15) is 0 Å². The summed E-state index contributed by atoms with van der Waals surface area (Å²) >= 11 is 0. The SMILES string of the molecule is COCCn1c(C)cc(C(=O)CN2C(=O)N[C@@](C)(c3ccc4c(c3)CCC4)C2=O)c1C. The predicted molar refractivity (Wildman–Crippen MR) is 116 cm³/mol. The fourth-order valence-corrected chi connectivity index (χ4v) is 4.76.